The van der Waals surface area contributed by atoms with E-state index in [9.17, 15) is 9.59 Å². The van der Waals surface area contributed by atoms with Crippen molar-refractivity contribution in [3.8, 4) is 5.75 Å². The minimum atomic E-state index is -0.335. The van der Waals surface area contributed by atoms with Gasteiger partial charge < -0.3 is 24.7 Å². The van der Waals surface area contributed by atoms with Crippen LogP contribution in [0.3, 0.4) is 0 Å². The second-order valence-corrected chi connectivity index (χ2v) is 7.34. The largest absolute Gasteiger partial charge is 0.495 e. The summed E-state index contributed by atoms with van der Waals surface area (Å²) in [5.41, 5.74) is 1.69. The third-order valence-electron chi connectivity index (χ3n) is 5.41. The van der Waals surface area contributed by atoms with Crippen molar-refractivity contribution >= 4 is 17.5 Å². The van der Waals surface area contributed by atoms with Crippen LogP contribution in [-0.2, 0) is 17.7 Å². The second kappa shape index (κ2) is 8.65. The summed E-state index contributed by atoms with van der Waals surface area (Å²) in [7, 11) is 1.56. The quantitative estimate of drug-likeness (QED) is 0.779. The van der Waals surface area contributed by atoms with Crippen molar-refractivity contribution < 1.29 is 19.1 Å². The van der Waals surface area contributed by atoms with E-state index in [2.05, 4.69) is 15.6 Å². The molecule has 8 nitrogen and oxygen atoms in total. The van der Waals surface area contributed by atoms with Crippen LogP contribution in [0.1, 0.15) is 52.5 Å². The third-order valence-corrected chi connectivity index (χ3v) is 5.41. The molecule has 8 heteroatoms. The molecule has 1 aromatic heterocycles. The van der Waals surface area contributed by atoms with Gasteiger partial charge in [-0.05, 0) is 44.2 Å². The molecule has 1 unspecified atom stereocenters. The van der Waals surface area contributed by atoms with Crippen LogP contribution >= 0.6 is 0 Å². The van der Waals surface area contributed by atoms with Crippen LogP contribution in [-0.4, -0.2) is 47.7 Å². The number of amides is 2. The third kappa shape index (κ3) is 4.12. The maximum absolute atomic E-state index is 13.0. The summed E-state index contributed by atoms with van der Waals surface area (Å²) >= 11 is 0. The number of rotatable bonds is 6. The Morgan fingerprint density at radius 3 is 2.90 bits per heavy atom. The van der Waals surface area contributed by atoms with E-state index in [-0.39, 0.29) is 17.9 Å². The average molecular weight is 398 g/mol. The first kappa shape index (κ1) is 19.4. The van der Waals surface area contributed by atoms with Crippen LogP contribution < -0.4 is 15.4 Å². The molecule has 2 aliphatic rings. The molecule has 0 saturated carbocycles. The van der Waals surface area contributed by atoms with Gasteiger partial charge in [-0.25, -0.2) is 4.98 Å². The lowest BCUT2D eigenvalue weighted by molar-refractivity contribution is 0.0845. The van der Waals surface area contributed by atoms with Crippen molar-refractivity contribution in [3.05, 3.63) is 41.5 Å². The lowest BCUT2D eigenvalue weighted by Crippen LogP contribution is -2.34. The standard InChI is InChI=1S/C21H26N4O4/c1-28-17-10-3-2-8-15(17)23-20(26)18-16-9-4-5-11-25(16)19(24-18)21(27)22-13-14-7-6-12-29-14/h2-3,8,10,14H,4-7,9,11-13H2,1H3,(H,22,27)(H,23,26). The topological polar surface area (TPSA) is 94.5 Å². The number of anilines is 1. The Morgan fingerprint density at radius 1 is 1.24 bits per heavy atom. The zero-order valence-electron chi connectivity index (χ0n) is 16.6. The highest BCUT2D eigenvalue weighted by Gasteiger charge is 2.28. The van der Waals surface area contributed by atoms with Gasteiger partial charge in [-0.1, -0.05) is 12.1 Å². The number of carbonyl (C=O) groups is 2. The molecule has 2 amide bonds. The van der Waals surface area contributed by atoms with Crippen LogP contribution in [0.2, 0.25) is 0 Å². The lowest BCUT2D eigenvalue weighted by atomic mass is 10.1. The number of benzene rings is 1. The fourth-order valence-electron chi connectivity index (χ4n) is 3.92. The molecule has 0 aliphatic carbocycles. The van der Waals surface area contributed by atoms with E-state index in [0.717, 1.165) is 44.4 Å². The number of nitrogens with one attached hydrogen (secondary N) is 2. The van der Waals surface area contributed by atoms with Gasteiger partial charge >= 0.3 is 0 Å². The van der Waals surface area contributed by atoms with E-state index < -0.39 is 0 Å². The minimum absolute atomic E-state index is 0.0584. The number of nitrogens with zero attached hydrogens (tertiary/aromatic N) is 2. The Morgan fingerprint density at radius 2 is 2.10 bits per heavy atom. The van der Waals surface area contributed by atoms with Gasteiger partial charge in [0.1, 0.15) is 5.75 Å². The van der Waals surface area contributed by atoms with Gasteiger partial charge in [0.15, 0.2) is 11.5 Å². The predicted molar refractivity (Wildman–Crippen MR) is 107 cm³/mol. The van der Waals surface area contributed by atoms with Crippen molar-refractivity contribution in [2.45, 2.75) is 44.8 Å². The van der Waals surface area contributed by atoms with Crippen molar-refractivity contribution in [2.24, 2.45) is 0 Å². The summed E-state index contributed by atoms with van der Waals surface area (Å²) in [6.07, 6.45) is 4.68. The first-order valence-corrected chi connectivity index (χ1v) is 10.1. The fraction of sp³-hybridized carbons (Fsp3) is 0.476. The molecule has 154 valence electrons. The maximum atomic E-state index is 13.0. The van der Waals surface area contributed by atoms with Gasteiger partial charge in [0, 0.05) is 19.7 Å². The Kier molecular flexibility index (Phi) is 5.80. The molecule has 2 aromatic rings. The number of imidazole rings is 1. The Bertz CT molecular complexity index is 902. The fourth-order valence-corrected chi connectivity index (χ4v) is 3.92. The van der Waals surface area contributed by atoms with Crippen molar-refractivity contribution in [2.75, 3.05) is 25.6 Å². The summed E-state index contributed by atoms with van der Waals surface area (Å²) < 4.78 is 12.7. The summed E-state index contributed by atoms with van der Waals surface area (Å²) in [6, 6.07) is 7.21. The van der Waals surface area contributed by atoms with Gasteiger partial charge in [-0.2, -0.15) is 0 Å². The second-order valence-electron chi connectivity index (χ2n) is 7.34. The number of para-hydroxylation sites is 2. The molecule has 1 saturated heterocycles. The van der Waals surface area contributed by atoms with Crippen LogP contribution in [0.5, 0.6) is 5.75 Å². The van der Waals surface area contributed by atoms with Crippen molar-refractivity contribution in [1.29, 1.82) is 0 Å². The zero-order valence-corrected chi connectivity index (χ0v) is 16.6. The molecule has 2 aliphatic heterocycles. The summed E-state index contributed by atoms with van der Waals surface area (Å²) in [5.74, 6) is 0.268. The SMILES string of the molecule is COc1ccccc1NC(=O)c1nc(C(=O)NCC2CCCO2)n2c1CCCC2. The van der Waals surface area contributed by atoms with Crippen LogP contribution in [0, 0.1) is 0 Å². The van der Waals surface area contributed by atoms with E-state index in [1.54, 1.807) is 19.2 Å². The van der Waals surface area contributed by atoms with Crippen LogP contribution in [0.25, 0.3) is 0 Å². The van der Waals surface area contributed by atoms with Gasteiger partial charge in [0.2, 0.25) is 0 Å². The molecular weight excluding hydrogens is 372 g/mol. The molecule has 0 spiro atoms. The highest BCUT2D eigenvalue weighted by atomic mass is 16.5. The Balaban J connectivity index is 1.55. The molecule has 1 atom stereocenters. The van der Waals surface area contributed by atoms with Gasteiger partial charge in [-0.3, -0.25) is 9.59 Å². The molecular formula is C21H26N4O4. The number of methoxy groups -OCH3 is 1. The molecule has 2 N–H and O–H groups in total. The van der Waals surface area contributed by atoms with Gasteiger partial charge in [0.25, 0.3) is 11.8 Å². The van der Waals surface area contributed by atoms with Gasteiger partial charge in [0.05, 0.1) is 24.6 Å². The van der Waals surface area contributed by atoms with Crippen LogP contribution in [0.15, 0.2) is 24.3 Å². The minimum Gasteiger partial charge on any atom is -0.495 e. The molecule has 0 radical (unpaired) electrons. The number of hydrogen-bond donors (Lipinski definition) is 2. The number of hydrogen-bond acceptors (Lipinski definition) is 5. The highest BCUT2D eigenvalue weighted by molar-refractivity contribution is 6.05. The number of ether oxygens (including phenoxy) is 2. The Hall–Kier alpha value is -2.87. The highest BCUT2D eigenvalue weighted by Crippen LogP contribution is 2.26. The first-order valence-electron chi connectivity index (χ1n) is 10.1. The van der Waals surface area contributed by atoms with Gasteiger partial charge in [-0.15, -0.1) is 0 Å². The molecule has 1 fully saturated rings. The van der Waals surface area contributed by atoms with Crippen LogP contribution in [0.4, 0.5) is 5.69 Å². The molecule has 0 bridgehead atoms. The molecule has 29 heavy (non-hydrogen) atoms. The predicted octanol–water partition coefficient (Wildman–Crippen LogP) is 2.39. The maximum Gasteiger partial charge on any atom is 0.287 e. The summed E-state index contributed by atoms with van der Waals surface area (Å²) in [4.78, 5) is 30.2. The summed E-state index contributed by atoms with van der Waals surface area (Å²) in [6.45, 7) is 1.89. The smallest absolute Gasteiger partial charge is 0.287 e. The summed E-state index contributed by atoms with van der Waals surface area (Å²) in [5, 5.41) is 5.78. The Labute approximate surface area is 169 Å². The average Bonchev–Trinajstić information content (AvgIpc) is 3.40. The zero-order chi connectivity index (χ0) is 20.2. The molecule has 4 rings (SSSR count). The normalized spacial score (nSPS) is 18.2. The van der Waals surface area contributed by atoms with E-state index >= 15 is 0 Å². The van der Waals surface area contributed by atoms with E-state index in [0.29, 0.717) is 36.0 Å². The van der Waals surface area contributed by atoms with Crippen molar-refractivity contribution in [1.82, 2.24) is 14.9 Å². The number of aromatic nitrogens is 2. The van der Waals surface area contributed by atoms with E-state index in [4.69, 9.17) is 9.47 Å². The monoisotopic (exact) mass is 398 g/mol. The van der Waals surface area contributed by atoms with E-state index in [1.165, 1.54) is 0 Å². The first-order chi connectivity index (χ1) is 14.2. The van der Waals surface area contributed by atoms with E-state index in [1.807, 2.05) is 16.7 Å². The molecule has 1 aromatic carbocycles. The molecule has 3 heterocycles. The van der Waals surface area contributed by atoms with Crippen molar-refractivity contribution in [3.63, 3.8) is 0 Å². The number of fused-ring (bicyclic) bond motifs is 1. The number of carbonyl (C=O) groups excluding carboxylic acids is 2. The lowest BCUT2D eigenvalue weighted by Gasteiger charge is -2.17.